The lowest BCUT2D eigenvalue weighted by Crippen LogP contribution is -2.52. The lowest BCUT2D eigenvalue weighted by Gasteiger charge is -2.36. The first-order valence-corrected chi connectivity index (χ1v) is 10.2. The minimum Gasteiger partial charge on any atom is -0.370 e. The van der Waals surface area contributed by atoms with Crippen molar-refractivity contribution in [3.63, 3.8) is 0 Å². The summed E-state index contributed by atoms with van der Waals surface area (Å²) < 4.78 is 19.4. The van der Waals surface area contributed by atoms with Crippen LogP contribution in [0.4, 0.5) is 10.1 Å². The van der Waals surface area contributed by atoms with Gasteiger partial charge in [-0.05, 0) is 31.5 Å². The molecular weight excluding hydrogens is 371 g/mol. The van der Waals surface area contributed by atoms with Gasteiger partial charge in [-0.15, -0.1) is 0 Å². The molecule has 0 atom stereocenters. The topological polar surface area (TPSA) is 60.1 Å². The van der Waals surface area contributed by atoms with E-state index in [0.717, 1.165) is 63.0 Å². The largest absolute Gasteiger partial charge is 0.370 e. The van der Waals surface area contributed by atoms with Gasteiger partial charge in [-0.25, -0.2) is 4.39 Å². The second-order valence-corrected chi connectivity index (χ2v) is 7.11. The zero-order chi connectivity index (χ0) is 20.6. The standard InChI is InChI=1S/C21H31FN6O/c1-4-27(5-2)20-7-6-17(14-19(20)22)15-24-21(23-3)28-11-9-26(10-12-28)16-18-8-13-29-25-18/h6-8,13-14H,4-5,9-12,15-16H2,1-3H3,(H,23,24). The van der Waals surface area contributed by atoms with E-state index in [1.54, 1.807) is 19.4 Å². The van der Waals surface area contributed by atoms with Crippen molar-refractivity contribution in [1.82, 2.24) is 20.3 Å². The van der Waals surface area contributed by atoms with Crippen molar-refractivity contribution in [3.8, 4) is 0 Å². The van der Waals surface area contributed by atoms with Crippen molar-refractivity contribution in [1.29, 1.82) is 0 Å². The van der Waals surface area contributed by atoms with Gasteiger partial charge < -0.3 is 19.6 Å². The predicted octanol–water partition coefficient (Wildman–Crippen LogP) is 2.55. The number of halogens is 1. The number of nitrogens with one attached hydrogen (secondary N) is 1. The summed E-state index contributed by atoms with van der Waals surface area (Å²) in [5.74, 6) is 0.670. The molecule has 0 spiro atoms. The van der Waals surface area contributed by atoms with Gasteiger partial charge in [0.05, 0.1) is 11.4 Å². The smallest absolute Gasteiger partial charge is 0.194 e. The molecule has 1 saturated heterocycles. The average Bonchev–Trinajstić information content (AvgIpc) is 3.25. The van der Waals surface area contributed by atoms with Gasteiger partial charge in [0.15, 0.2) is 5.96 Å². The normalized spacial score (nSPS) is 15.6. The molecule has 1 fully saturated rings. The number of benzene rings is 1. The van der Waals surface area contributed by atoms with E-state index in [1.165, 1.54) is 0 Å². The lowest BCUT2D eigenvalue weighted by molar-refractivity contribution is 0.169. The first-order chi connectivity index (χ1) is 14.1. The molecule has 0 aliphatic carbocycles. The molecule has 1 aromatic carbocycles. The molecule has 0 bridgehead atoms. The third-order valence-electron chi connectivity index (χ3n) is 5.33. The van der Waals surface area contributed by atoms with Gasteiger partial charge in [0.1, 0.15) is 12.1 Å². The van der Waals surface area contributed by atoms with Crippen LogP contribution in [0.2, 0.25) is 0 Å². The fourth-order valence-electron chi connectivity index (χ4n) is 3.66. The molecule has 0 saturated carbocycles. The fraction of sp³-hybridized carbons (Fsp3) is 0.524. The van der Waals surface area contributed by atoms with Crippen molar-refractivity contribution < 1.29 is 8.91 Å². The van der Waals surface area contributed by atoms with E-state index in [-0.39, 0.29) is 5.82 Å². The Morgan fingerprint density at radius 2 is 1.97 bits per heavy atom. The number of aliphatic imine (C=N–C) groups is 1. The molecule has 1 N–H and O–H groups in total. The highest BCUT2D eigenvalue weighted by molar-refractivity contribution is 5.80. The Hall–Kier alpha value is -2.61. The van der Waals surface area contributed by atoms with E-state index in [9.17, 15) is 4.39 Å². The minimum absolute atomic E-state index is 0.176. The van der Waals surface area contributed by atoms with Crippen LogP contribution in [0.1, 0.15) is 25.1 Å². The van der Waals surface area contributed by atoms with Gasteiger partial charge in [0.25, 0.3) is 0 Å². The van der Waals surface area contributed by atoms with E-state index in [0.29, 0.717) is 12.2 Å². The molecule has 8 heteroatoms. The first-order valence-electron chi connectivity index (χ1n) is 10.2. The molecular formula is C21H31FN6O. The van der Waals surface area contributed by atoms with Crippen molar-refractivity contribution in [2.24, 2.45) is 4.99 Å². The summed E-state index contributed by atoms with van der Waals surface area (Å²) in [6.45, 7) is 10.6. The highest BCUT2D eigenvalue weighted by atomic mass is 19.1. The van der Waals surface area contributed by atoms with Crippen molar-refractivity contribution >= 4 is 11.6 Å². The minimum atomic E-state index is -0.176. The van der Waals surface area contributed by atoms with Gasteiger partial charge in [-0.3, -0.25) is 9.89 Å². The van der Waals surface area contributed by atoms with Crippen LogP contribution < -0.4 is 10.2 Å². The number of rotatable bonds is 7. The Morgan fingerprint density at radius 1 is 1.21 bits per heavy atom. The molecule has 1 aliphatic heterocycles. The molecule has 7 nitrogen and oxygen atoms in total. The van der Waals surface area contributed by atoms with Crippen LogP contribution in [0.25, 0.3) is 0 Å². The lowest BCUT2D eigenvalue weighted by atomic mass is 10.1. The van der Waals surface area contributed by atoms with Gasteiger partial charge in [0, 0.05) is 65.5 Å². The number of guanidine groups is 1. The number of anilines is 1. The second-order valence-electron chi connectivity index (χ2n) is 7.11. The molecule has 0 radical (unpaired) electrons. The first kappa shape index (κ1) is 21.1. The molecule has 3 rings (SSSR count). The molecule has 0 amide bonds. The molecule has 29 heavy (non-hydrogen) atoms. The highest BCUT2D eigenvalue weighted by Crippen LogP contribution is 2.20. The Bertz CT molecular complexity index is 782. The number of hydrogen-bond donors (Lipinski definition) is 1. The SMILES string of the molecule is CCN(CC)c1ccc(CNC(=NC)N2CCN(Cc3ccon3)CC2)cc1F. The number of hydrogen-bond acceptors (Lipinski definition) is 5. The van der Waals surface area contributed by atoms with Crippen LogP contribution in [-0.2, 0) is 13.1 Å². The van der Waals surface area contributed by atoms with E-state index < -0.39 is 0 Å². The third-order valence-corrected chi connectivity index (χ3v) is 5.33. The second kappa shape index (κ2) is 10.2. The summed E-state index contributed by atoms with van der Waals surface area (Å²) in [5, 5.41) is 7.35. The van der Waals surface area contributed by atoms with Gasteiger partial charge in [-0.1, -0.05) is 11.2 Å². The molecule has 2 aromatic rings. The predicted molar refractivity (Wildman–Crippen MR) is 114 cm³/mol. The van der Waals surface area contributed by atoms with Crippen molar-refractivity contribution in [3.05, 3.63) is 47.6 Å². The summed E-state index contributed by atoms with van der Waals surface area (Å²) in [7, 11) is 1.79. The Balaban J connectivity index is 1.51. The van der Waals surface area contributed by atoms with Gasteiger partial charge >= 0.3 is 0 Å². The van der Waals surface area contributed by atoms with Crippen LogP contribution in [0.5, 0.6) is 0 Å². The van der Waals surface area contributed by atoms with Gasteiger partial charge in [0.2, 0.25) is 0 Å². The molecule has 1 aromatic heterocycles. The Labute approximate surface area is 172 Å². The van der Waals surface area contributed by atoms with E-state index in [4.69, 9.17) is 4.52 Å². The van der Waals surface area contributed by atoms with Crippen LogP contribution >= 0.6 is 0 Å². The fourth-order valence-corrected chi connectivity index (χ4v) is 3.66. The van der Waals surface area contributed by atoms with Crippen LogP contribution in [0.3, 0.4) is 0 Å². The van der Waals surface area contributed by atoms with Crippen molar-refractivity contribution in [2.45, 2.75) is 26.9 Å². The highest BCUT2D eigenvalue weighted by Gasteiger charge is 2.20. The quantitative estimate of drug-likeness (QED) is 0.567. The third kappa shape index (κ3) is 5.47. The van der Waals surface area contributed by atoms with Crippen LogP contribution in [0.15, 0.2) is 40.0 Å². The Morgan fingerprint density at radius 3 is 2.55 bits per heavy atom. The molecule has 2 heterocycles. The number of piperazine rings is 1. The summed E-state index contributed by atoms with van der Waals surface area (Å²) in [5.41, 5.74) is 2.52. The maximum atomic E-state index is 14.5. The monoisotopic (exact) mass is 402 g/mol. The summed E-state index contributed by atoms with van der Waals surface area (Å²) in [4.78, 5) is 11.0. The average molecular weight is 403 g/mol. The summed E-state index contributed by atoms with van der Waals surface area (Å²) in [6.07, 6.45) is 1.61. The maximum Gasteiger partial charge on any atom is 0.194 e. The van der Waals surface area contributed by atoms with E-state index in [2.05, 4.69) is 25.3 Å². The number of nitrogens with zero attached hydrogens (tertiary/aromatic N) is 5. The van der Waals surface area contributed by atoms with Crippen LogP contribution in [-0.4, -0.2) is 67.2 Å². The summed E-state index contributed by atoms with van der Waals surface area (Å²) >= 11 is 0. The summed E-state index contributed by atoms with van der Waals surface area (Å²) in [6, 6.07) is 7.36. The molecule has 158 valence electrons. The number of aromatic nitrogens is 1. The zero-order valence-electron chi connectivity index (χ0n) is 17.6. The van der Waals surface area contributed by atoms with Crippen LogP contribution in [0, 0.1) is 5.82 Å². The molecule has 0 unspecified atom stereocenters. The Kier molecular flexibility index (Phi) is 7.46. The maximum absolute atomic E-state index is 14.5. The van der Waals surface area contributed by atoms with E-state index >= 15 is 0 Å². The van der Waals surface area contributed by atoms with Gasteiger partial charge in [-0.2, -0.15) is 0 Å². The zero-order valence-corrected chi connectivity index (χ0v) is 17.6. The van der Waals surface area contributed by atoms with E-state index in [1.807, 2.05) is 36.9 Å². The molecule has 1 aliphatic rings. The van der Waals surface area contributed by atoms with Crippen molar-refractivity contribution in [2.75, 3.05) is 51.2 Å².